The molecule has 1 atom stereocenters. The van der Waals surface area contributed by atoms with E-state index in [1.165, 1.54) is 13.2 Å². The van der Waals surface area contributed by atoms with Crippen molar-refractivity contribution < 1.29 is 13.9 Å². The van der Waals surface area contributed by atoms with Gasteiger partial charge >= 0.3 is 0 Å². The van der Waals surface area contributed by atoms with Crippen LogP contribution in [-0.2, 0) is 4.74 Å². The smallest absolute Gasteiger partial charge is 0.167 e. The minimum absolute atomic E-state index is 0.132. The summed E-state index contributed by atoms with van der Waals surface area (Å²) in [6.07, 6.45) is 4.58. The summed E-state index contributed by atoms with van der Waals surface area (Å²) in [5, 5.41) is 5.33. The largest absolute Gasteiger partial charge is 0.494 e. The van der Waals surface area contributed by atoms with Gasteiger partial charge in [0.2, 0.25) is 0 Å². The maximum atomic E-state index is 13.9. The van der Waals surface area contributed by atoms with Crippen molar-refractivity contribution >= 4 is 17.0 Å². The maximum absolute atomic E-state index is 13.9. The highest BCUT2D eigenvalue weighted by Gasteiger charge is 2.21. The van der Waals surface area contributed by atoms with E-state index in [4.69, 9.17) is 9.47 Å². The predicted octanol–water partition coefficient (Wildman–Crippen LogP) is 3.53. The third-order valence-electron chi connectivity index (χ3n) is 3.63. The number of halogens is 1. The number of rotatable bonds is 3. The summed E-state index contributed by atoms with van der Waals surface area (Å²) in [5.74, 6) is -0.183. The Hall–Kier alpha value is -1.88. The second-order valence-corrected chi connectivity index (χ2v) is 4.86. The van der Waals surface area contributed by atoms with Crippen LogP contribution in [0.2, 0.25) is 0 Å². The van der Waals surface area contributed by atoms with E-state index in [1.54, 1.807) is 16.8 Å². The lowest BCUT2D eigenvalue weighted by Crippen LogP contribution is -2.19. The maximum Gasteiger partial charge on any atom is 0.167 e. The number of fused-ring (bicyclic) bond motifs is 1. The van der Waals surface area contributed by atoms with Crippen molar-refractivity contribution in [2.75, 3.05) is 13.7 Å². The zero-order valence-electron chi connectivity index (χ0n) is 11.4. The lowest BCUT2D eigenvalue weighted by molar-refractivity contribution is -0.0367. The van der Waals surface area contributed by atoms with Crippen molar-refractivity contribution in [2.45, 2.75) is 25.5 Å². The molecule has 1 aromatic heterocycles. The molecule has 0 spiro atoms. The van der Waals surface area contributed by atoms with Crippen LogP contribution < -0.4 is 4.74 Å². The normalized spacial score (nSPS) is 19.2. The minimum Gasteiger partial charge on any atom is -0.494 e. The first-order valence-corrected chi connectivity index (χ1v) is 6.74. The van der Waals surface area contributed by atoms with Crippen LogP contribution in [0.1, 0.15) is 31.2 Å². The average molecular weight is 276 g/mol. The SMILES string of the molecule is C=Cc1nn(C2CCCCO2)c2cc(F)c(OC)cc12. The van der Waals surface area contributed by atoms with Gasteiger partial charge in [-0.15, -0.1) is 0 Å². The third-order valence-corrected chi connectivity index (χ3v) is 3.63. The van der Waals surface area contributed by atoms with Crippen molar-refractivity contribution in [3.05, 3.63) is 30.2 Å². The van der Waals surface area contributed by atoms with E-state index < -0.39 is 5.82 Å². The van der Waals surface area contributed by atoms with Crippen molar-refractivity contribution in [3.8, 4) is 5.75 Å². The number of aromatic nitrogens is 2. The first-order chi connectivity index (χ1) is 9.74. The molecule has 0 N–H and O–H groups in total. The minimum atomic E-state index is -0.396. The molecule has 1 aliphatic heterocycles. The predicted molar refractivity (Wildman–Crippen MR) is 75.2 cm³/mol. The lowest BCUT2D eigenvalue weighted by Gasteiger charge is -2.23. The highest BCUT2D eigenvalue weighted by atomic mass is 19.1. The van der Waals surface area contributed by atoms with E-state index >= 15 is 0 Å². The van der Waals surface area contributed by atoms with Gasteiger partial charge in [-0.2, -0.15) is 5.10 Å². The highest BCUT2D eigenvalue weighted by molar-refractivity contribution is 5.88. The Labute approximate surface area is 116 Å². The molecule has 1 unspecified atom stereocenters. The fourth-order valence-corrected chi connectivity index (χ4v) is 2.60. The second kappa shape index (κ2) is 5.25. The molecule has 20 heavy (non-hydrogen) atoms. The standard InChI is InChI=1S/C15H17FN2O2/c1-3-12-10-8-14(19-2)11(16)9-13(10)18(17-12)15-6-4-5-7-20-15/h3,8-9,15H,1,4-7H2,2H3. The summed E-state index contributed by atoms with van der Waals surface area (Å²) < 4.78 is 26.5. The summed E-state index contributed by atoms with van der Waals surface area (Å²) >= 11 is 0. The van der Waals surface area contributed by atoms with Crippen LogP contribution in [0.15, 0.2) is 18.7 Å². The van der Waals surface area contributed by atoms with Gasteiger partial charge in [0.15, 0.2) is 17.8 Å². The Morgan fingerprint density at radius 3 is 3.00 bits per heavy atom. The molecule has 0 amide bonds. The van der Waals surface area contributed by atoms with Crippen molar-refractivity contribution in [3.63, 3.8) is 0 Å². The van der Waals surface area contributed by atoms with Crippen LogP contribution >= 0.6 is 0 Å². The number of benzene rings is 1. The Balaban J connectivity index is 2.17. The molecule has 1 fully saturated rings. The van der Waals surface area contributed by atoms with E-state index in [1.807, 2.05) is 0 Å². The van der Waals surface area contributed by atoms with E-state index in [-0.39, 0.29) is 12.0 Å². The molecular formula is C15H17FN2O2. The van der Waals surface area contributed by atoms with E-state index in [9.17, 15) is 4.39 Å². The van der Waals surface area contributed by atoms with Crippen LogP contribution in [0.3, 0.4) is 0 Å². The number of hydrogen-bond donors (Lipinski definition) is 0. The molecule has 1 aromatic carbocycles. The van der Waals surface area contributed by atoms with Crippen molar-refractivity contribution in [1.29, 1.82) is 0 Å². The van der Waals surface area contributed by atoms with E-state index in [0.29, 0.717) is 17.8 Å². The topological polar surface area (TPSA) is 36.3 Å². The summed E-state index contributed by atoms with van der Waals surface area (Å²) in [6.45, 7) is 4.48. The zero-order valence-corrected chi connectivity index (χ0v) is 11.4. The van der Waals surface area contributed by atoms with Crippen LogP contribution in [0.25, 0.3) is 17.0 Å². The third kappa shape index (κ3) is 2.08. The van der Waals surface area contributed by atoms with Gasteiger partial charge in [-0.05, 0) is 31.4 Å². The summed E-state index contributed by atoms with van der Waals surface area (Å²) in [7, 11) is 1.45. The Bertz CT molecular complexity index is 645. The van der Waals surface area contributed by atoms with Crippen LogP contribution in [0.4, 0.5) is 4.39 Å². The Morgan fingerprint density at radius 1 is 1.50 bits per heavy atom. The summed E-state index contributed by atoms with van der Waals surface area (Å²) in [6, 6.07) is 3.11. The molecule has 2 aromatic rings. The number of methoxy groups -OCH3 is 1. The molecule has 0 saturated carbocycles. The fraction of sp³-hybridized carbons (Fsp3) is 0.400. The molecule has 1 aliphatic rings. The molecular weight excluding hydrogens is 259 g/mol. The van der Waals surface area contributed by atoms with Crippen molar-refractivity contribution in [2.24, 2.45) is 0 Å². The van der Waals surface area contributed by atoms with Crippen molar-refractivity contribution in [1.82, 2.24) is 9.78 Å². The monoisotopic (exact) mass is 276 g/mol. The number of ether oxygens (including phenoxy) is 2. The van der Waals surface area contributed by atoms with Crippen LogP contribution in [-0.4, -0.2) is 23.5 Å². The first kappa shape index (κ1) is 13.1. The van der Waals surface area contributed by atoms with Gasteiger partial charge in [0.05, 0.1) is 18.3 Å². The summed E-state index contributed by atoms with van der Waals surface area (Å²) in [4.78, 5) is 0. The fourth-order valence-electron chi connectivity index (χ4n) is 2.60. The molecule has 0 bridgehead atoms. The van der Waals surface area contributed by atoms with E-state index in [0.717, 1.165) is 24.6 Å². The molecule has 0 radical (unpaired) electrons. The molecule has 2 heterocycles. The summed E-state index contributed by atoms with van der Waals surface area (Å²) in [5.41, 5.74) is 1.43. The highest BCUT2D eigenvalue weighted by Crippen LogP contribution is 2.32. The number of nitrogens with zero attached hydrogens (tertiary/aromatic N) is 2. The Morgan fingerprint density at radius 2 is 2.35 bits per heavy atom. The zero-order chi connectivity index (χ0) is 14.1. The Kier molecular flexibility index (Phi) is 3.44. The van der Waals surface area contributed by atoms with Gasteiger partial charge in [-0.3, -0.25) is 0 Å². The van der Waals surface area contributed by atoms with Gasteiger partial charge in [-0.1, -0.05) is 6.58 Å². The first-order valence-electron chi connectivity index (χ1n) is 6.74. The molecule has 3 rings (SSSR count). The molecule has 4 nitrogen and oxygen atoms in total. The van der Waals surface area contributed by atoms with Gasteiger partial charge in [0.25, 0.3) is 0 Å². The van der Waals surface area contributed by atoms with Crippen LogP contribution in [0.5, 0.6) is 5.75 Å². The van der Waals surface area contributed by atoms with E-state index in [2.05, 4.69) is 11.7 Å². The molecule has 5 heteroatoms. The molecule has 0 aliphatic carbocycles. The van der Waals surface area contributed by atoms with Gasteiger partial charge in [-0.25, -0.2) is 9.07 Å². The molecule has 106 valence electrons. The lowest BCUT2D eigenvalue weighted by atomic mass is 10.1. The second-order valence-electron chi connectivity index (χ2n) is 4.86. The van der Waals surface area contributed by atoms with Crippen LogP contribution in [0, 0.1) is 5.82 Å². The quantitative estimate of drug-likeness (QED) is 0.860. The molecule has 1 saturated heterocycles. The van der Waals surface area contributed by atoms with Gasteiger partial charge in [0.1, 0.15) is 0 Å². The van der Waals surface area contributed by atoms with Gasteiger partial charge < -0.3 is 9.47 Å². The average Bonchev–Trinajstić information content (AvgIpc) is 2.84. The number of hydrogen-bond acceptors (Lipinski definition) is 3. The van der Waals surface area contributed by atoms with Gasteiger partial charge in [0, 0.05) is 18.1 Å².